The molecule has 0 saturated heterocycles. The van der Waals surface area contributed by atoms with Gasteiger partial charge in [0.1, 0.15) is 5.01 Å². The van der Waals surface area contributed by atoms with E-state index in [2.05, 4.69) is 22.2 Å². The van der Waals surface area contributed by atoms with E-state index in [0.29, 0.717) is 0 Å². The Bertz CT molecular complexity index is 865. The summed E-state index contributed by atoms with van der Waals surface area (Å²) in [5.74, 6) is 0. The molecule has 0 aliphatic heterocycles. The molecule has 0 bridgehead atoms. The second kappa shape index (κ2) is 7.97. The highest BCUT2D eigenvalue weighted by molar-refractivity contribution is 7.12. The van der Waals surface area contributed by atoms with E-state index in [0.717, 1.165) is 44.8 Å². The van der Waals surface area contributed by atoms with Crippen molar-refractivity contribution in [1.82, 2.24) is 9.78 Å². The van der Waals surface area contributed by atoms with Crippen LogP contribution in [0.2, 0.25) is 10.0 Å². The highest BCUT2D eigenvalue weighted by Gasteiger charge is 2.04. The van der Waals surface area contributed by atoms with Crippen LogP contribution in [-0.2, 0) is 13.5 Å². The molecule has 124 valence electrons. The fraction of sp³-hybridized carbons (Fsp3) is 0.222. The molecule has 2 aromatic carbocycles. The zero-order valence-corrected chi connectivity index (χ0v) is 15.6. The van der Waals surface area contributed by atoms with Crippen LogP contribution in [0.4, 0.5) is 0 Å². The average molecular weight is 378 g/mol. The molecular formula is C18H17Cl2N3S. The highest BCUT2D eigenvalue weighted by Crippen LogP contribution is 2.21. The van der Waals surface area contributed by atoms with Gasteiger partial charge in [-0.05, 0) is 42.7 Å². The van der Waals surface area contributed by atoms with Crippen molar-refractivity contribution in [3.63, 3.8) is 0 Å². The monoisotopic (exact) mass is 377 g/mol. The molecule has 0 N–H and O–H groups in total. The number of benzene rings is 2. The average Bonchev–Trinajstić information content (AvgIpc) is 2.95. The van der Waals surface area contributed by atoms with E-state index >= 15 is 0 Å². The predicted molar refractivity (Wildman–Crippen MR) is 102 cm³/mol. The molecule has 0 saturated carbocycles. The summed E-state index contributed by atoms with van der Waals surface area (Å²) in [7, 11) is 1.92. The number of hydrogen-bond acceptors (Lipinski definition) is 3. The molecule has 3 rings (SSSR count). The van der Waals surface area contributed by atoms with Gasteiger partial charge < -0.3 is 0 Å². The van der Waals surface area contributed by atoms with Crippen molar-refractivity contribution in [2.45, 2.75) is 12.8 Å². The summed E-state index contributed by atoms with van der Waals surface area (Å²) in [6.07, 6.45) is 1.99. The summed E-state index contributed by atoms with van der Waals surface area (Å²) in [6, 6.07) is 15.7. The molecule has 3 nitrogen and oxygen atoms in total. The van der Waals surface area contributed by atoms with Crippen LogP contribution in [0.1, 0.15) is 12.0 Å². The molecule has 1 heterocycles. The number of halogens is 2. The normalized spacial score (nSPS) is 11.9. The number of aromatic nitrogens is 2. The summed E-state index contributed by atoms with van der Waals surface area (Å²) in [4.78, 5) is 5.60. The van der Waals surface area contributed by atoms with Crippen molar-refractivity contribution in [1.29, 1.82) is 0 Å². The summed E-state index contributed by atoms with van der Waals surface area (Å²) in [6.45, 7) is 0.777. The van der Waals surface area contributed by atoms with Crippen LogP contribution >= 0.6 is 34.5 Å². The third-order valence-corrected chi connectivity index (χ3v) is 5.17. The number of hydrogen-bond donors (Lipinski definition) is 0. The Morgan fingerprint density at radius 2 is 1.62 bits per heavy atom. The van der Waals surface area contributed by atoms with Gasteiger partial charge in [-0.3, -0.25) is 4.99 Å². The fourth-order valence-corrected chi connectivity index (χ4v) is 3.48. The molecule has 1 aromatic heterocycles. The van der Waals surface area contributed by atoms with Gasteiger partial charge in [-0.15, -0.1) is 0 Å². The molecule has 0 spiro atoms. The van der Waals surface area contributed by atoms with Crippen LogP contribution < -0.4 is 4.80 Å². The second-order valence-electron chi connectivity index (χ2n) is 5.43. The lowest BCUT2D eigenvalue weighted by Crippen LogP contribution is -2.12. The maximum absolute atomic E-state index is 5.93. The van der Waals surface area contributed by atoms with Crippen molar-refractivity contribution >= 4 is 34.5 Å². The molecule has 0 aliphatic carbocycles. The van der Waals surface area contributed by atoms with E-state index < -0.39 is 0 Å². The van der Waals surface area contributed by atoms with Gasteiger partial charge in [-0.1, -0.05) is 58.8 Å². The summed E-state index contributed by atoms with van der Waals surface area (Å²) < 4.78 is 1.83. The lowest BCUT2D eigenvalue weighted by molar-refractivity contribution is 0.708. The van der Waals surface area contributed by atoms with Crippen molar-refractivity contribution in [3.8, 4) is 10.6 Å². The van der Waals surface area contributed by atoms with Crippen LogP contribution in [0.15, 0.2) is 53.5 Å². The molecule has 3 aromatic rings. The van der Waals surface area contributed by atoms with Gasteiger partial charge in [-0.25, -0.2) is 4.68 Å². The fourth-order valence-electron chi connectivity index (χ4n) is 2.30. The second-order valence-corrected chi connectivity index (χ2v) is 7.26. The van der Waals surface area contributed by atoms with Gasteiger partial charge in [0.15, 0.2) is 0 Å². The van der Waals surface area contributed by atoms with Crippen LogP contribution in [-0.4, -0.2) is 16.3 Å². The Morgan fingerprint density at radius 3 is 2.29 bits per heavy atom. The van der Waals surface area contributed by atoms with Gasteiger partial charge in [0.05, 0.1) is 0 Å². The van der Waals surface area contributed by atoms with Crippen LogP contribution in [0.3, 0.4) is 0 Å². The minimum absolute atomic E-state index is 0.729. The van der Waals surface area contributed by atoms with E-state index in [4.69, 9.17) is 23.2 Å². The van der Waals surface area contributed by atoms with Gasteiger partial charge in [0, 0.05) is 29.2 Å². The van der Waals surface area contributed by atoms with Crippen LogP contribution in [0, 0.1) is 0 Å². The van der Waals surface area contributed by atoms with E-state index in [1.165, 1.54) is 5.56 Å². The van der Waals surface area contributed by atoms with Crippen molar-refractivity contribution in [2.24, 2.45) is 12.0 Å². The van der Waals surface area contributed by atoms with E-state index in [-0.39, 0.29) is 0 Å². The zero-order valence-electron chi connectivity index (χ0n) is 13.2. The molecule has 6 heteroatoms. The summed E-state index contributed by atoms with van der Waals surface area (Å²) in [5, 5.41) is 6.99. The minimum Gasteiger partial charge on any atom is -0.258 e. The van der Waals surface area contributed by atoms with Gasteiger partial charge in [-0.2, -0.15) is 5.10 Å². The van der Waals surface area contributed by atoms with Crippen LogP contribution in [0.25, 0.3) is 10.6 Å². The minimum atomic E-state index is 0.729. The maximum atomic E-state index is 5.93. The van der Waals surface area contributed by atoms with Gasteiger partial charge in [0.2, 0.25) is 4.80 Å². The van der Waals surface area contributed by atoms with Gasteiger partial charge >= 0.3 is 0 Å². The Kier molecular flexibility index (Phi) is 5.72. The largest absolute Gasteiger partial charge is 0.258 e. The molecule has 0 unspecified atom stereocenters. The summed E-state index contributed by atoms with van der Waals surface area (Å²) >= 11 is 13.4. The number of aryl methyl sites for hydroxylation is 2. The number of rotatable bonds is 5. The maximum Gasteiger partial charge on any atom is 0.203 e. The summed E-state index contributed by atoms with van der Waals surface area (Å²) in [5.41, 5.74) is 2.34. The lowest BCUT2D eigenvalue weighted by atomic mass is 10.1. The molecule has 0 amide bonds. The lowest BCUT2D eigenvalue weighted by Gasteiger charge is -1.99. The molecule has 0 aliphatic rings. The van der Waals surface area contributed by atoms with Crippen molar-refractivity contribution in [3.05, 3.63) is 68.9 Å². The third kappa shape index (κ3) is 4.47. The SMILES string of the molecule is Cn1nc(-c2ccc(Cl)cc2)sc1=NCCCc1ccc(Cl)cc1. The van der Waals surface area contributed by atoms with Crippen molar-refractivity contribution in [2.75, 3.05) is 6.54 Å². The zero-order chi connectivity index (χ0) is 16.9. The molecule has 24 heavy (non-hydrogen) atoms. The smallest absolute Gasteiger partial charge is 0.203 e. The number of nitrogens with zero attached hydrogens (tertiary/aromatic N) is 3. The Balaban J connectivity index is 1.65. The molecule has 0 atom stereocenters. The Hall–Kier alpha value is -1.62. The first-order valence-electron chi connectivity index (χ1n) is 7.67. The van der Waals surface area contributed by atoms with Gasteiger partial charge in [0.25, 0.3) is 0 Å². The standard InChI is InChI=1S/C18H17Cl2N3S/c1-23-18(21-12-2-3-13-4-8-15(19)9-5-13)24-17(22-23)14-6-10-16(20)11-7-14/h4-11H,2-3,12H2,1H3. The predicted octanol–water partition coefficient (Wildman–Crippen LogP) is 4.99. The molecule has 0 fully saturated rings. The van der Waals surface area contributed by atoms with E-state index in [1.54, 1.807) is 11.3 Å². The molecular weight excluding hydrogens is 361 g/mol. The Morgan fingerprint density at radius 1 is 1.00 bits per heavy atom. The van der Waals surface area contributed by atoms with E-state index in [1.807, 2.05) is 48.1 Å². The third-order valence-electron chi connectivity index (χ3n) is 3.58. The highest BCUT2D eigenvalue weighted by atomic mass is 35.5. The first kappa shape index (κ1) is 17.2. The topological polar surface area (TPSA) is 30.2 Å². The Labute approximate surface area is 155 Å². The van der Waals surface area contributed by atoms with Crippen LogP contribution in [0.5, 0.6) is 0 Å². The van der Waals surface area contributed by atoms with E-state index in [9.17, 15) is 0 Å². The molecule has 0 radical (unpaired) electrons. The quantitative estimate of drug-likeness (QED) is 0.576. The first-order valence-corrected chi connectivity index (χ1v) is 9.24. The first-order chi connectivity index (χ1) is 11.6. The van der Waals surface area contributed by atoms with Crippen molar-refractivity contribution < 1.29 is 0 Å².